The number of hydrogen-bond acceptors (Lipinski definition) is 9. The maximum Gasteiger partial charge on any atom is 0.264 e. The van der Waals surface area contributed by atoms with Crippen molar-refractivity contribution in [3.05, 3.63) is 174 Å². The fourth-order valence-electron chi connectivity index (χ4n) is 6.23. The van der Waals surface area contributed by atoms with Crippen LogP contribution in [-0.4, -0.2) is 57.5 Å². The van der Waals surface area contributed by atoms with E-state index in [1.165, 1.54) is 0 Å². The number of aromatic nitrogens is 2. The molecule has 1 heterocycles. The number of ether oxygens (including phenoxy) is 5. The van der Waals surface area contributed by atoms with Crippen LogP contribution in [0.25, 0.3) is 0 Å². The predicted molar refractivity (Wildman–Crippen MR) is 202 cm³/mol. The maximum absolute atomic E-state index is 13.2. The van der Waals surface area contributed by atoms with E-state index < -0.39 is 34.0 Å². The van der Waals surface area contributed by atoms with Crippen molar-refractivity contribution >= 4 is 10.1 Å². The molecule has 0 aliphatic heterocycles. The lowest BCUT2D eigenvalue weighted by molar-refractivity contribution is -0.0856. The molecule has 0 amide bonds. The van der Waals surface area contributed by atoms with Crippen LogP contribution in [0.5, 0.6) is 23.0 Å². The summed E-state index contributed by atoms with van der Waals surface area (Å²) in [5, 5.41) is 4.41. The van der Waals surface area contributed by atoms with Gasteiger partial charge in [0.2, 0.25) is 0 Å². The van der Waals surface area contributed by atoms with Gasteiger partial charge in [0, 0.05) is 18.8 Å². The molecular weight excluding hydrogens is 693 g/mol. The smallest absolute Gasteiger partial charge is 0.264 e. The Morgan fingerprint density at radius 1 is 0.642 bits per heavy atom. The van der Waals surface area contributed by atoms with E-state index in [0.717, 1.165) is 22.9 Å². The van der Waals surface area contributed by atoms with Crippen molar-refractivity contribution < 1.29 is 36.3 Å². The molecule has 6 aromatic rings. The summed E-state index contributed by atoms with van der Waals surface area (Å²) in [5.74, 6) is 2.17. The van der Waals surface area contributed by atoms with Crippen molar-refractivity contribution in [1.29, 1.82) is 0 Å². The van der Waals surface area contributed by atoms with Gasteiger partial charge in [0.05, 0.1) is 33.3 Å². The molecule has 0 unspecified atom stereocenters. The lowest BCUT2D eigenvalue weighted by Gasteiger charge is -2.39. The topological polar surface area (TPSA) is 107 Å². The summed E-state index contributed by atoms with van der Waals surface area (Å²) in [4.78, 5) is 0. The van der Waals surface area contributed by atoms with E-state index in [1.807, 2.05) is 91.0 Å². The molecule has 0 bridgehead atoms. The van der Waals surface area contributed by atoms with E-state index in [9.17, 15) is 8.42 Å². The summed E-state index contributed by atoms with van der Waals surface area (Å²) >= 11 is 0. The van der Waals surface area contributed by atoms with Crippen molar-refractivity contribution in [2.45, 2.75) is 23.9 Å². The van der Waals surface area contributed by atoms with Gasteiger partial charge in [-0.15, -0.1) is 0 Å². The lowest BCUT2D eigenvalue weighted by Crippen LogP contribution is -2.47. The molecule has 53 heavy (non-hydrogen) atoms. The van der Waals surface area contributed by atoms with Crippen LogP contribution in [0, 0.1) is 0 Å². The second-order valence-electron chi connectivity index (χ2n) is 12.3. The van der Waals surface area contributed by atoms with Crippen molar-refractivity contribution in [3.63, 3.8) is 0 Å². The van der Waals surface area contributed by atoms with Crippen LogP contribution in [0.4, 0.5) is 0 Å². The minimum atomic E-state index is -4.10. The number of nitrogens with zero attached hydrogens (tertiary/aromatic N) is 2. The lowest BCUT2D eigenvalue weighted by atomic mass is 9.80. The molecule has 0 N–H and O–H groups in total. The van der Waals surface area contributed by atoms with Gasteiger partial charge in [-0.1, -0.05) is 91.0 Å². The third-order valence-electron chi connectivity index (χ3n) is 8.68. The summed E-state index contributed by atoms with van der Waals surface area (Å²) in [7, 11) is 0.847. The van der Waals surface area contributed by atoms with Gasteiger partial charge < -0.3 is 23.7 Å². The Balaban J connectivity index is 1.51. The van der Waals surface area contributed by atoms with Crippen LogP contribution < -0.4 is 18.9 Å². The van der Waals surface area contributed by atoms with E-state index >= 15 is 0 Å². The van der Waals surface area contributed by atoms with Gasteiger partial charge >= 0.3 is 0 Å². The minimum absolute atomic E-state index is 0.255. The first-order valence-electron chi connectivity index (χ1n) is 17.0. The summed E-state index contributed by atoms with van der Waals surface area (Å²) in [6, 6.07) is 43.5. The number of aryl methyl sites for hydroxylation is 1. The molecule has 274 valence electrons. The van der Waals surface area contributed by atoms with Crippen LogP contribution in [0.1, 0.15) is 28.4 Å². The second-order valence-corrected chi connectivity index (χ2v) is 13.9. The fraction of sp³-hybridized carbons (Fsp3) is 0.214. The highest BCUT2D eigenvalue weighted by molar-refractivity contribution is 7.86. The molecule has 0 saturated heterocycles. The molecule has 3 atom stereocenters. The second kappa shape index (κ2) is 16.8. The molecule has 0 fully saturated rings. The van der Waals surface area contributed by atoms with Gasteiger partial charge in [-0.25, -0.2) is 0 Å². The Hall–Kier alpha value is -5.62. The zero-order valence-electron chi connectivity index (χ0n) is 29.9. The fourth-order valence-corrected chi connectivity index (χ4v) is 6.85. The average Bonchev–Trinajstić information content (AvgIpc) is 3.63. The average molecular weight is 735 g/mol. The van der Waals surface area contributed by atoms with Gasteiger partial charge in [-0.2, -0.15) is 13.5 Å². The largest absolute Gasteiger partial charge is 0.497 e. The Bertz CT molecular complexity index is 2030. The molecule has 6 rings (SSSR count). The molecule has 11 heteroatoms. The number of methoxy groups -OCH3 is 2. The first-order chi connectivity index (χ1) is 25.7. The van der Waals surface area contributed by atoms with Crippen LogP contribution in [-0.2, 0) is 31.7 Å². The van der Waals surface area contributed by atoms with Gasteiger partial charge in [0.1, 0.15) is 34.7 Å². The molecule has 0 aliphatic carbocycles. The summed E-state index contributed by atoms with van der Waals surface area (Å²) in [6.07, 6.45) is 1.12. The molecule has 0 aliphatic rings. The van der Waals surface area contributed by atoms with Gasteiger partial charge in [-0.05, 0) is 65.2 Å². The quantitative estimate of drug-likeness (QED) is 0.0702. The van der Waals surface area contributed by atoms with Crippen LogP contribution in [0.3, 0.4) is 0 Å². The van der Waals surface area contributed by atoms with E-state index in [4.69, 9.17) is 27.9 Å². The van der Waals surface area contributed by atoms with Crippen LogP contribution in [0.2, 0.25) is 0 Å². The monoisotopic (exact) mass is 734 g/mol. The van der Waals surface area contributed by atoms with Crippen LogP contribution in [0.15, 0.2) is 152 Å². The van der Waals surface area contributed by atoms with Crippen molar-refractivity contribution in [2.75, 3.05) is 27.1 Å². The highest BCUT2D eigenvalue weighted by Gasteiger charge is 2.43. The van der Waals surface area contributed by atoms with E-state index in [-0.39, 0.29) is 6.61 Å². The zero-order valence-corrected chi connectivity index (χ0v) is 30.8. The maximum atomic E-state index is 13.2. The Kier molecular flexibility index (Phi) is 11.8. The van der Waals surface area contributed by atoms with Crippen molar-refractivity contribution in [3.8, 4) is 23.0 Å². The first kappa shape index (κ1) is 37.1. The predicted octanol–water partition coefficient (Wildman–Crippen LogP) is 7.36. The molecule has 1 aromatic heterocycles. The summed E-state index contributed by atoms with van der Waals surface area (Å²) in [5.41, 5.74) is 1.93. The van der Waals surface area contributed by atoms with Crippen molar-refractivity contribution in [2.24, 2.45) is 7.05 Å². The van der Waals surface area contributed by atoms with Crippen molar-refractivity contribution in [1.82, 2.24) is 9.78 Å². The third kappa shape index (κ3) is 9.07. The van der Waals surface area contributed by atoms with E-state index in [1.54, 1.807) is 86.9 Å². The Morgan fingerprint density at radius 2 is 1.08 bits per heavy atom. The first-order valence-corrected chi connectivity index (χ1v) is 18.8. The number of rotatable bonds is 17. The van der Waals surface area contributed by atoms with Crippen LogP contribution >= 0.6 is 0 Å². The Morgan fingerprint density at radius 3 is 1.47 bits per heavy atom. The molecule has 0 radical (unpaired) electrons. The Labute approximate surface area is 310 Å². The summed E-state index contributed by atoms with van der Waals surface area (Å²) < 4.78 is 65.3. The highest BCUT2D eigenvalue weighted by atomic mass is 32.2. The summed E-state index contributed by atoms with van der Waals surface area (Å²) in [6.45, 7) is -0.255. The SMILES string of the molecule is COc1ccc(O[C@H]([C@H](Oc2ccc(OC)cc2)c2cnn(C)c2)[C@@H](COC(c2ccccc2)(c2ccccc2)c2ccccc2)OS(C)(=O)=O)cc1. The van der Waals surface area contributed by atoms with Gasteiger partial charge in [-0.3, -0.25) is 8.86 Å². The number of benzene rings is 5. The van der Waals surface area contributed by atoms with Gasteiger partial charge in [0.15, 0.2) is 12.2 Å². The van der Waals surface area contributed by atoms with E-state index in [2.05, 4.69) is 5.10 Å². The highest BCUT2D eigenvalue weighted by Crippen LogP contribution is 2.42. The molecule has 0 saturated carbocycles. The normalized spacial score (nSPS) is 13.4. The standard InChI is InChI=1S/C42H42N2O8S/c1-44-29-31(28-43-44)40(50-37-24-20-35(47-2)21-25-37)41(51-38-26-22-36(48-3)23-27-38)39(52-53(4,45)46)30-49-42(32-14-8-5-9-15-32,33-16-10-6-11-17-33)34-18-12-7-13-19-34/h5-29,39-41H,30H2,1-4H3/t39-,40-,41+/m1/s1. The minimum Gasteiger partial charge on any atom is -0.497 e. The number of hydrogen-bond donors (Lipinski definition) is 0. The zero-order chi connectivity index (χ0) is 37.3. The third-order valence-corrected chi connectivity index (χ3v) is 9.27. The molecule has 5 aromatic carbocycles. The van der Waals surface area contributed by atoms with E-state index in [0.29, 0.717) is 28.6 Å². The molecule has 10 nitrogen and oxygen atoms in total. The molecular formula is C42H42N2O8S. The van der Waals surface area contributed by atoms with Gasteiger partial charge in [0.25, 0.3) is 10.1 Å². The molecule has 0 spiro atoms.